The van der Waals surface area contributed by atoms with Crippen molar-refractivity contribution in [2.75, 3.05) is 17.2 Å². The maximum absolute atomic E-state index is 14.5. The van der Waals surface area contributed by atoms with Crippen LogP contribution in [0, 0.1) is 25.7 Å². The fourth-order valence-corrected chi connectivity index (χ4v) is 10.6. The molecule has 0 saturated carbocycles. The molecule has 3 N–H and O–H groups in total. The number of carbonyl (C=O) groups excluding carboxylic acids is 3. The molecule has 1 spiro atoms. The number of aliphatic hydroxyl groups excluding tert-OH is 1. The number of thioether (sulfide) groups is 1. The van der Waals surface area contributed by atoms with Gasteiger partial charge in [0.2, 0.25) is 17.7 Å². The van der Waals surface area contributed by atoms with Crippen LogP contribution in [-0.2, 0) is 14.4 Å². The van der Waals surface area contributed by atoms with Crippen molar-refractivity contribution in [3.8, 4) is 0 Å². The minimum absolute atomic E-state index is 0.0529. The Morgan fingerprint density at radius 3 is 2.24 bits per heavy atom. The van der Waals surface area contributed by atoms with E-state index in [-0.39, 0.29) is 34.4 Å². The minimum atomic E-state index is -0.888. The molecule has 0 aromatic heterocycles. The van der Waals surface area contributed by atoms with Crippen LogP contribution in [0.4, 0.5) is 11.4 Å². The molecule has 3 fully saturated rings. The number of anilines is 2. The first kappa shape index (κ1) is 28.0. The number of aryl methyl sites for hydroxylation is 2. The maximum Gasteiger partial charge on any atom is 0.248 e. The molecule has 7 atom stereocenters. The molecule has 41 heavy (non-hydrogen) atoms. The second kappa shape index (κ2) is 10.9. The zero-order chi connectivity index (χ0) is 28.9. The lowest BCUT2D eigenvalue weighted by Crippen LogP contribution is -2.53. The molecule has 3 amide bonds. The Morgan fingerprint density at radius 1 is 0.976 bits per heavy atom. The fraction of sp³-hybridized carbons (Fsp3) is 0.344. The van der Waals surface area contributed by atoms with Crippen LogP contribution in [0.5, 0.6) is 0 Å². The van der Waals surface area contributed by atoms with Crippen molar-refractivity contribution in [1.29, 1.82) is 0 Å². The van der Waals surface area contributed by atoms with Crippen LogP contribution in [0.3, 0.4) is 0 Å². The van der Waals surface area contributed by atoms with Crippen LogP contribution in [0.15, 0.2) is 78.9 Å². The first-order valence-corrected chi connectivity index (χ1v) is 15.6. The molecule has 2 bridgehead atoms. The Hall–Kier alpha value is -3.14. The molecule has 7 nitrogen and oxygen atoms in total. The second-order valence-corrected chi connectivity index (χ2v) is 13.8. The lowest BCUT2D eigenvalue weighted by molar-refractivity contribution is -0.141. The van der Waals surface area contributed by atoms with E-state index in [0.29, 0.717) is 12.1 Å². The van der Waals surface area contributed by atoms with Crippen molar-refractivity contribution in [2.45, 2.75) is 47.2 Å². The van der Waals surface area contributed by atoms with Crippen LogP contribution in [-0.4, -0.2) is 55.2 Å². The largest absolute Gasteiger partial charge is 0.394 e. The number of para-hydroxylation sites is 2. The summed E-state index contributed by atoms with van der Waals surface area (Å²) in [5, 5.41) is 16.7. The molecular formula is C32H32BrN3O4S. The summed E-state index contributed by atoms with van der Waals surface area (Å²) in [5.74, 6) is -2.14. The van der Waals surface area contributed by atoms with E-state index in [1.165, 1.54) is 0 Å². The summed E-state index contributed by atoms with van der Waals surface area (Å²) in [6, 6.07) is 22.7. The van der Waals surface area contributed by atoms with Crippen molar-refractivity contribution < 1.29 is 19.5 Å². The van der Waals surface area contributed by atoms with Gasteiger partial charge in [0.1, 0.15) is 6.04 Å². The molecule has 3 saturated heterocycles. The van der Waals surface area contributed by atoms with Gasteiger partial charge >= 0.3 is 0 Å². The zero-order valence-electron chi connectivity index (χ0n) is 22.8. The maximum atomic E-state index is 14.5. The van der Waals surface area contributed by atoms with Crippen LogP contribution in [0.2, 0.25) is 0 Å². The molecule has 3 aliphatic heterocycles. The van der Waals surface area contributed by atoms with Gasteiger partial charge in [-0.1, -0.05) is 82.7 Å². The Morgan fingerprint density at radius 2 is 1.61 bits per heavy atom. The number of alkyl halides is 1. The molecule has 3 aliphatic rings. The van der Waals surface area contributed by atoms with Crippen LogP contribution in [0.25, 0.3) is 0 Å². The van der Waals surface area contributed by atoms with Gasteiger partial charge in [0.05, 0.1) is 29.2 Å². The average molecular weight is 635 g/mol. The number of nitrogens with one attached hydrogen (secondary N) is 2. The lowest BCUT2D eigenvalue weighted by Gasteiger charge is -2.37. The van der Waals surface area contributed by atoms with Crippen molar-refractivity contribution in [1.82, 2.24) is 4.90 Å². The van der Waals surface area contributed by atoms with E-state index in [0.717, 1.165) is 22.4 Å². The number of fused-ring (bicyclic) bond motifs is 1. The predicted octanol–water partition coefficient (Wildman–Crippen LogP) is 5.08. The highest BCUT2D eigenvalue weighted by molar-refractivity contribution is 9.09. The van der Waals surface area contributed by atoms with Gasteiger partial charge in [0.15, 0.2) is 0 Å². The first-order valence-electron chi connectivity index (χ1n) is 13.8. The summed E-state index contributed by atoms with van der Waals surface area (Å²) >= 11 is 5.39. The van der Waals surface area contributed by atoms with Gasteiger partial charge in [0, 0.05) is 21.5 Å². The SMILES string of the molecule is Cc1cccc(C)c1NC(=O)C1N([C@H](CO)c2ccccc2)C(=O)[C@@H]2[C@H](C(=O)Nc3ccccc3)[C@H]3SC12CC3Br. The van der Waals surface area contributed by atoms with E-state index in [2.05, 4.69) is 26.6 Å². The highest BCUT2D eigenvalue weighted by atomic mass is 79.9. The Labute approximate surface area is 252 Å². The number of aliphatic hydroxyl groups is 1. The van der Waals surface area contributed by atoms with Crippen molar-refractivity contribution in [3.05, 3.63) is 95.6 Å². The van der Waals surface area contributed by atoms with Gasteiger partial charge in [-0.3, -0.25) is 14.4 Å². The smallest absolute Gasteiger partial charge is 0.248 e. The van der Waals surface area contributed by atoms with Gasteiger partial charge in [0.25, 0.3) is 0 Å². The topological polar surface area (TPSA) is 98.7 Å². The number of carbonyl (C=O) groups is 3. The Balaban J connectivity index is 1.44. The molecule has 0 radical (unpaired) electrons. The normalized spacial score (nSPS) is 28.8. The van der Waals surface area contributed by atoms with Gasteiger partial charge in [-0.2, -0.15) is 0 Å². The Bertz CT molecular complexity index is 1470. The molecule has 3 aromatic carbocycles. The zero-order valence-corrected chi connectivity index (χ0v) is 25.2. The molecular weight excluding hydrogens is 602 g/mol. The van der Waals surface area contributed by atoms with Crippen LogP contribution in [0.1, 0.15) is 29.2 Å². The van der Waals surface area contributed by atoms with Crippen molar-refractivity contribution >= 4 is 56.8 Å². The number of halogens is 1. The molecule has 3 aromatic rings. The molecule has 212 valence electrons. The third kappa shape index (κ3) is 4.58. The number of amides is 3. The lowest BCUT2D eigenvalue weighted by atomic mass is 9.70. The van der Waals surface area contributed by atoms with Gasteiger partial charge < -0.3 is 20.6 Å². The predicted molar refractivity (Wildman–Crippen MR) is 165 cm³/mol. The minimum Gasteiger partial charge on any atom is -0.394 e. The number of likely N-dealkylation sites (tertiary alicyclic amines) is 1. The van der Waals surface area contributed by atoms with Gasteiger partial charge in [-0.25, -0.2) is 0 Å². The van der Waals surface area contributed by atoms with Gasteiger partial charge in [-0.05, 0) is 49.1 Å². The molecule has 3 unspecified atom stereocenters. The van der Waals surface area contributed by atoms with Crippen LogP contribution >= 0.6 is 27.7 Å². The number of nitrogens with zero attached hydrogens (tertiary/aromatic N) is 1. The van der Waals surface area contributed by atoms with E-state index < -0.39 is 28.7 Å². The number of benzene rings is 3. The fourth-order valence-electron chi connectivity index (χ4n) is 6.98. The second-order valence-electron chi connectivity index (χ2n) is 11.1. The molecule has 9 heteroatoms. The van der Waals surface area contributed by atoms with E-state index in [1.807, 2.05) is 92.7 Å². The summed E-state index contributed by atoms with van der Waals surface area (Å²) in [6.45, 7) is 3.53. The summed E-state index contributed by atoms with van der Waals surface area (Å²) in [5.41, 5.74) is 3.97. The van der Waals surface area contributed by atoms with Crippen molar-refractivity contribution in [2.24, 2.45) is 11.8 Å². The quantitative estimate of drug-likeness (QED) is 0.315. The highest BCUT2D eigenvalue weighted by Crippen LogP contribution is 2.68. The standard InChI is InChI=1S/C32H32BrN3O4S/c1-18-10-9-11-19(2)26(18)35-30(39)28-32-16-22(33)27(41-32)24(29(38)34-21-14-7-4-8-15-21)25(32)31(40)36(28)23(17-37)20-12-5-3-6-13-20/h3-15,22-25,27-28,37H,16-17H2,1-2H3,(H,34,38)(H,35,39)/t22?,23-,24+,25+,27+,28?,32?/m1/s1. The monoisotopic (exact) mass is 633 g/mol. The van der Waals surface area contributed by atoms with Crippen molar-refractivity contribution in [3.63, 3.8) is 0 Å². The van der Waals surface area contributed by atoms with E-state index in [9.17, 15) is 19.5 Å². The summed E-state index contributed by atoms with van der Waals surface area (Å²) in [4.78, 5) is 44.3. The molecule has 3 heterocycles. The first-order chi connectivity index (χ1) is 19.8. The average Bonchev–Trinajstić information content (AvgIpc) is 3.56. The number of rotatable bonds is 7. The summed E-state index contributed by atoms with van der Waals surface area (Å²) < 4.78 is -0.836. The Kier molecular flexibility index (Phi) is 7.46. The van der Waals surface area contributed by atoms with Crippen LogP contribution < -0.4 is 10.6 Å². The van der Waals surface area contributed by atoms with E-state index in [1.54, 1.807) is 16.7 Å². The van der Waals surface area contributed by atoms with E-state index >= 15 is 0 Å². The third-order valence-electron chi connectivity index (χ3n) is 8.74. The van der Waals surface area contributed by atoms with E-state index in [4.69, 9.17) is 0 Å². The summed E-state index contributed by atoms with van der Waals surface area (Å²) in [7, 11) is 0. The summed E-state index contributed by atoms with van der Waals surface area (Å²) in [6.07, 6.45) is 0.558. The highest BCUT2D eigenvalue weighted by Gasteiger charge is 2.76. The number of hydrogen-bond donors (Lipinski definition) is 3. The molecule has 6 rings (SSSR count). The number of hydrogen-bond acceptors (Lipinski definition) is 5. The molecule has 0 aliphatic carbocycles. The third-order valence-corrected chi connectivity index (χ3v) is 12.0. The van der Waals surface area contributed by atoms with Gasteiger partial charge in [-0.15, -0.1) is 11.8 Å².